The Morgan fingerprint density at radius 1 is 1.00 bits per heavy atom. The van der Waals surface area contributed by atoms with Gasteiger partial charge in [-0.05, 0) is 44.7 Å². The molecule has 1 N–H and O–H groups in total. The molecule has 0 aromatic carbocycles. The SMILES string of the molecule is O=C(O)CCC1CCCCN1CCC1CCCCC1. The van der Waals surface area contributed by atoms with Crippen LogP contribution in [-0.4, -0.2) is 35.1 Å². The van der Waals surface area contributed by atoms with Crippen LogP contribution in [0.4, 0.5) is 0 Å². The summed E-state index contributed by atoms with van der Waals surface area (Å²) >= 11 is 0. The minimum Gasteiger partial charge on any atom is -0.481 e. The molecule has 1 atom stereocenters. The summed E-state index contributed by atoms with van der Waals surface area (Å²) in [4.78, 5) is 13.3. The standard InChI is InChI=1S/C16H29NO2/c18-16(19)10-9-15-8-4-5-12-17(15)13-11-14-6-2-1-3-7-14/h14-15H,1-13H2,(H,18,19). The molecule has 2 aliphatic rings. The Morgan fingerprint density at radius 3 is 2.47 bits per heavy atom. The summed E-state index contributed by atoms with van der Waals surface area (Å²) in [6, 6.07) is 0.536. The molecule has 0 amide bonds. The molecule has 0 bridgehead atoms. The van der Waals surface area contributed by atoms with Crippen molar-refractivity contribution in [3.8, 4) is 0 Å². The van der Waals surface area contributed by atoms with Gasteiger partial charge >= 0.3 is 5.97 Å². The molecule has 0 spiro atoms. The van der Waals surface area contributed by atoms with Crippen LogP contribution in [0.5, 0.6) is 0 Å². The third-order valence-corrected chi connectivity index (χ3v) is 4.99. The second-order valence-corrected chi connectivity index (χ2v) is 6.41. The van der Waals surface area contributed by atoms with Gasteiger partial charge in [0.2, 0.25) is 0 Å². The molecule has 1 aliphatic heterocycles. The predicted octanol–water partition coefficient (Wildman–Crippen LogP) is 3.68. The molecular weight excluding hydrogens is 238 g/mol. The third kappa shape index (κ3) is 5.13. The summed E-state index contributed by atoms with van der Waals surface area (Å²) in [5, 5.41) is 8.85. The van der Waals surface area contributed by atoms with Crippen molar-refractivity contribution in [1.82, 2.24) is 4.90 Å². The number of carboxylic acids is 1. The van der Waals surface area contributed by atoms with Crippen LogP contribution in [0.1, 0.15) is 70.6 Å². The smallest absolute Gasteiger partial charge is 0.303 e. The lowest BCUT2D eigenvalue weighted by Crippen LogP contribution is -2.41. The van der Waals surface area contributed by atoms with Crippen LogP contribution in [-0.2, 0) is 4.79 Å². The summed E-state index contributed by atoms with van der Waals surface area (Å²) in [6.07, 6.45) is 13.4. The summed E-state index contributed by atoms with van der Waals surface area (Å²) in [7, 11) is 0. The van der Waals surface area contributed by atoms with E-state index >= 15 is 0 Å². The maximum atomic E-state index is 10.7. The lowest BCUT2D eigenvalue weighted by atomic mass is 9.86. The number of hydrogen-bond donors (Lipinski definition) is 1. The molecule has 0 aromatic rings. The fourth-order valence-electron chi connectivity index (χ4n) is 3.80. The van der Waals surface area contributed by atoms with E-state index in [0.717, 1.165) is 12.3 Å². The monoisotopic (exact) mass is 267 g/mol. The molecular formula is C16H29NO2. The van der Waals surface area contributed by atoms with Crippen LogP contribution < -0.4 is 0 Å². The third-order valence-electron chi connectivity index (χ3n) is 4.99. The van der Waals surface area contributed by atoms with E-state index in [9.17, 15) is 4.79 Å². The number of nitrogens with zero attached hydrogens (tertiary/aromatic N) is 1. The zero-order chi connectivity index (χ0) is 13.5. The Labute approximate surface area is 117 Å². The van der Waals surface area contributed by atoms with Gasteiger partial charge in [0.1, 0.15) is 0 Å². The van der Waals surface area contributed by atoms with Crippen molar-refractivity contribution >= 4 is 5.97 Å². The van der Waals surface area contributed by atoms with Gasteiger partial charge in [0.15, 0.2) is 0 Å². The average molecular weight is 267 g/mol. The van der Waals surface area contributed by atoms with Gasteiger partial charge in [-0.1, -0.05) is 38.5 Å². The van der Waals surface area contributed by atoms with Crippen LogP contribution in [0, 0.1) is 5.92 Å². The van der Waals surface area contributed by atoms with Crippen molar-refractivity contribution in [2.24, 2.45) is 5.92 Å². The highest BCUT2D eigenvalue weighted by atomic mass is 16.4. The topological polar surface area (TPSA) is 40.5 Å². The lowest BCUT2D eigenvalue weighted by molar-refractivity contribution is -0.137. The van der Waals surface area contributed by atoms with E-state index in [-0.39, 0.29) is 0 Å². The molecule has 19 heavy (non-hydrogen) atoms. The molecule has 2 fully saturated rings. The maximum Gasteiger partial charge on any atom is 0.303 e. The van der Waals surface area contributed by atoms with Crippen molar-refractivity contribution in [3.63, 3.8) is 0 Å². The van der Waals surface area contributed by atoms with Gasteiger partial charge < -0.3 is 10.0 Å². The lowest BCUT2D eigenvalue weighted by Gasteiger charge is -2.36. The minimum absolute atomic E-state index is 0.338. The second kappa shape index (κ2) is 7.88. The first-order valence-corrected chi connectivity index (χ1v) is 8.21. The fourth-order valence-corrected chi connectivity index (χ4v) is 3.80. The van der Waals surface area contributed by atoms with Gasteiger partial charge in [0.05, 0.1) is 0 Å². The Kier molecular flexibility index (Phi) is 6.15. The highest BCUT2D eigenvalue weighted by molar-refractivity contribution is 5.66. The number of likely N-dealkylation sites (tertiary alicyclic amines) is 1. The van der Waals surface area contributed by atoms with Crippen molar-refractivity contribution in [2.45, 2.75) is 76.7 Å². The summed E-state index contributed by atoms with van der Waals surface area (Å²) in [6.45, 7) is 2.39. The Hall–Kier alpha value is -0.570. The van der Waals surface area contributed by atoms with E-state index in [1.54, 1.807) is 0 Å². The fraction of sp³-hybridized carbons (Fsp3) is 0.938. The molecule has 0 aromatic heterocycles. The van der Waals surface area contributed by atoms with Gasteiger partial charge in [-0.25, -0.2) is 0 Å². The molecule has 2 rings (SSSR count). The van der Waals surface area contributed by atoms with Crippen molar-refractivity contribution in [2.75, 3.05) is 13.1 Å². The van der Waals surface area contributed by atoms with Crippen LogP contribution in [0.25, 0.3) is 0 Å². The Balaban J connectivity index is 1.73. The first-order valence-electron chi connectivity index (χ1n) is 8.21. The molecule has 3 nitrogen and oxygen atoms in total. The predicted molar refractivity (Wildman–Crippen MR) is 77.3 cm³/mol. The van der Waals surface area contributed by atoms with E-state index in [0.29, 0.717) is 12.5 Å². The maximum absolute atomic E-state index is 10.7. The van der Waals surface area contributed by atoms with Crippen LogP contribution in [0.15, 0.2) is 0 Å². The number of carbonyl (C=O) groups is 1. The number of carboxylic acid groups (broad SMARTS) is 1. The van der Waals surface area contributed by atoms with Gasteiger partial charge in [0.25, 0.3) is 0 Å². The minimum atomic E-state index is -0.641. The first-order chi connectivity index (χ1) is 9.25. The molecule has 1 saturated carbocycles. The quantitative estimate of drug-likeness (QED) is 0.798. The second-order valence-electron chi connectivity index (χ2n) is 6.41. The molecule has 0 radical (unpaired) electrons. The number of hydrogen-bond acceptors (Lipinski definition) is 2. The molecule has 3 heteroatoms. The molecule has 1 aliphatic carbocycles. The first kappa shape index (κ1) is 14.8. The van der Waals surface area contributed by atoms with Crippen LogP contribution in [0.2, 0.25) is 0 Å². The Bertz CT molecular complexity index is 274. The van der Waals surface area contributed by atoms with E-state index < -0.39 is 5.97 Å². The van der Waals surface area contributed by atoms with Gasteiger partial charge in [0, 0.05) is 12.5 Å². The number of rotatable bonds is 6. The zero-order valence-electron chi connectivity index (χ0n) is 12.1. The van der Waals surface area contributed by atoms with E-state index in [2.05, 4.69) is 4.90 Å². The molecule has 1 saturated heterocycles. The van der Waals surface area contributed by atoms with Gasteiger partial charge in [-0.15, -0.1) is 0 Å². The molecule has 1 heterocycles. The summed E-state index contributed by atoms with van der Waals surface area (Å²) < 4.78 is 0. The van der Waals surface area contributed by atoms with Crippen LogP contribution in [0.3, 0.4) is 0 Å². The average Bonchev–Trinajstić information content (AvgIpc) is 2.45. The molecule has 110 valence electrons. The largest absolute Gasteiger partial charge is 0.481 e. The van der Waals surface area contributed by atoms with Crippen molar-refractivity contribution in [1.29, 1.82) is 0 Å². The van der Waals surface area contributed by atoms with E-state index in [4.69, 9.17) is 5.11 Å². The number of aliphatic carboxylic acids is 1. The van der Waals surface area contributed by atoms with Crippen molar-refractivity contribution < 1.29 is 9.90 Å². The molecule has 1 unspecified atom stereocenters. The van der Waals surface area contributed by atoms with Gasteiger partial charge in [-0.3, -0.25) is 4.79 Å². The summed E-state index contributed by atoms with van der Waals surface area (Å²) in [5.74, 6) is 0.300. The zero-order valence-corrected chi connectivity index (χ0v) is 12.1. The van der Waals surface area contributed by atoms with Crippen molar-refractivity contribution in [3.05, 3.63) is 0 Å². The normalized spacial score (nSPS) is 26.4. The summed E-state index contributed by atoms with van der Waals surface area (Å²) in [5.41, 5.74) is 0. The van der Waals surface area contributed by atoms with E-state index in [1.807, 2.05) is 0 Å². The Morgan fingerprint density at radius 2 is 1.74 bits per heavy atom. The van der Waals surface area contributed by atoms with Crippen LogP contribution >= 0.6 is 0 Å². The van der Waals surface area contributed by atoms with Gasteiger partial charge in [-0.2, -0.15) is 0 Å². The highest BCUT2D eigenvalue weighted by Gasteiger charge is 2.24. The highest BCUT2D eigenvalue weighted by Crippen LogP contribution is 2.28. The number of piperidine rings is 1. The van der Waals surface area contributed by atoms with E-state index in [1.165, 1.54) is 70.9 Å².